The fourth-order valence-corrected chi connectivity index (χ4v) is 4.58. The van der Waals surface area contributed by atoms with Gasteiger partial charge < -0.3 is 9.73 Å². The smallest absolute Gasteiger partial charge is 0.412 e. The van der Waals surface area contributed by atoms with Gasteiger partial charge in [0.2, 0.25) is 0 Å². The van der Waals surface area contributed by atoms with Crippen molar-refractivity contribution in [1.29, 1.82) is 0 Å². The van der Waals surface area contributed by atoms with E-state index in [-0.39, 0.29) is 28.5 Å². The molecule has 0 saturated heterocycles. The highest BCUT2D eigenvalue weighted by Crippen LogP contribution is 2.35. The molecule has 0 bridgehead atoms. The summed E-state index contributed by atoms with van der Waals surface area (Å²) in [5.74, 6) is -0.609. The Hall–Kier alpha value is -4.80. The fourth-order valence-electron chi connectivity index (χ4n) is 4.58. The van der Waals surface area contributed by atoms with Crippen molar-refractivity contribution in [2.75, 3.05) is 0 Å². The molecule has 1 unspecified atom stereocenters. The van der Waals surface area contributed by atoms with E-state index in [2.05, 4.69) is 20.4 Å². The molecular formula is C27H19F3N6O2. The minimum absolute atomic E-state index is 0.125. The second-order valence-corrected chi connectivity index (χ2v) is 8.73. The third-order valence-electron chi connectivity index (χ3n) is 6.37. The summed E-state index contributed by atoms with van der Waals surface area (Å²) < 4.78 is 48.5. The number of hydrogen-bond donors (Lipinski definition) is 1. The maximum atomic E-state index is 13.9. The number of rotatable bonds is 5. The largest absolute Gasteiger partial charge is 0.463 e. The van der Waals surface area contributed by atoms with Gasteiger partial charge >= 0.3 is 6.18 Å². The monoisotopic (exact) mass is 516 g/mol. The first-order chi connectivity index (χ1) is 18.4. The van der Waals surface area contributed by atoms with Crippen LogP contribution in [0, 0.1) is 0 Å². The third kappa shape index (κ3) is 4.21. The van der Waals surface area contributed by atoms with Crippen molar-refractivity contribution >= 4 is 5.91 Å². The molecule has 1 N–H and O–H groups in total. The highest BCUT2D eigenvalue weighted by atomic mass is 19.4. The first-order valence-electron chi connectivity index (χ1n) is 11.7. The lowest BCUT2D eigenvalue weighted by Crippen LogP contribution is -2.38. The average molecular weight is 516 g/mol. The van der Waals surface area contributed by atoms with Crippen molar-refractivity contribution in [3.8, 4) is 28.7 Å². The summed E-state index contributed by atoms with van der Waals surface area (Å²) in [6, 6.07) is 11.5. The molecule has 4 aromatic heterocycles. The number of alkyl halides is 3. The fraction of sp³-hybridized carbons (Fsp3) is 0.148. The zero-order valence-corrected chi connectivity index (χ0v) is 19.7. The van der Waals surface area contributed by atoms with Crippen LogP contribution in [0.3, 0.4) is 0 Å². The summed E-state index contributed by atoms with van der Waals surface area (Å²) >= 11 is 0. The number of carbonyl (C=O) groups excluding carboxylic acids is 1. The third-order valence-corrected chi connectivity index (χ3v) is 6.37. The standard InChI is InChI=1S/C27H19F3N6O2/c28-27(29,30)24(18-6-3-11-31-13-18)35-25(37)20-15-33-36(23(20)21-8-4-12-38-21)26-32-14-17-10-9-16-5-1-2-7-19(16)22(17)34-26/h1-8,11-15,24H,9-10H2,(H,35,37). The van der Waals surface area contributed by atoms with Crippen molar-refractivity contribution in [2.24, 2.45) is 0 Å². The van der Waals surface area contributed by atoms with Gasteiger partial charge in [-0.3, -0.25) is 9.78 Å². The van der Waals surface area contributed by atoms with Gasteiger partial charge in [-0.2, -0.15) is 23.0 Å². The molecule has 0 fully saturated rings. The topological polar surface area (TPSA) is 98.7 Å². The summed E-state index contributed by atoms with van der Waals surface area (Å²) in [5.41, 5.74) is 3.66. The summed E-state index contributed by atoms with van der Waals surface area (Å²) in [6.07, 6.45) is 3.60. The molecule has 38 heavy (non-hydrogen) atoms. The van der Waals surface area contributed by atoms with Gasteiger partial charge in [0.05, 0.1) is 23.7 Å². The number of carbonyl (C=O) groups is 1. The Kier molecular flexibility index (Phi) is 5.74. The first-order valence-corrected chi connectivity index (χ1v) is 11.7. The van der Waals surface area contributed by atoms with E-state index in [1.54, 1.807) is 18.3 Å². The molecule has 1 aliphatic rings. The molecule has 11 heteroatoms. The van der Waals surface area contributed by atoms with Crippen molar-refractivity contribution < 1.29 is 22.4 Å². The molecule has 0 saturated carbocycles. The zero-order valence-electron chi connectivity index (χ0n) is 19.7. The number of benzene rings is 1. The van der Waals surface area contributed by atoms with E-state index in [9.17, 15) is 18.0 Å². The minimum atomic E-state index is -4.76. The molecule has 1 atom stereocenters. The first kappa shape index (κ1) is 23.6. The highest BCUT2D eigenvalue weighted by molar-refractivity contribution is 5.99. The summed E-state index contributed by atoms with van der Waals surface area (Å²) in [7, 11) is 0. The van der Waals surface area contributed by atoms with E-state index in [0.29, 0.717) is 0 Å². The number of aromatic nitrogens is 5. The molecule has 4 heterocycles. The van der Waals surface area contributed by atoms with Crippen LogP contribution in [-0.2, 0) is 12.8 Å². The second-order valence-electron chi connectivity index (χ2n) is 8.73. The van der Waals surface area contributed by atoms with Gasteiger partial charge in [-0.1, -0.05) is 30.3 Å². The number of furan rings is 1. The van der Waals surface area contributed by atoms with Crippen molar-refractivity contribution in [3.63, 3.8) is 0 Å². The number of aryl methyl sites for hydroxylation is 2. The Morgan fingerprint density at radius 1 is 1.00 bits per heavy atom. The van der Waals surface area contributed by atoms with Crippen LogP contribution in [0.25, 0.3) is 28.7 Å². The summed E-state index contributed by atoms with van der Waals surface area (Å²) in [4.78, 5) is 26.2. The summed E-state index contributed by atoms with van der Waals surface area (Å²) in [5, 5.41) is 6.37. The Morgan fingerprint density at radius 2 is 1.84 bits per heavy atom. The Labute approximate surface area is 214 Å². The van der Waals surface area contributed by atoms with E-state index in [1.807, 2.05) is 24.3 Å². The predicted molar refractivity (Wildman–Crippen MR) is 130 cm³/mol. The highest BCUT2D eigenvalue weighted by Gasteiger charge is 2.42. The molecule has 1 amide bonds. The normalized spacial score (nSPS) is 13.4. The van der Waals surface area contributed by atoms with Gasteiger partial charge in [-0.05, 0) is 42.2 Å². The van der Waals surface area contributed by atoms with E-state index in [1.165, 1.54) is 35.5 Å². The molecule has 1 aliphatic carbocycles. The predicted octanol–water partition coefficient (Wildman–Crippen LogP) is 5.12. The van der Waals surface area contributed by atoms with E-state index < -0.39 is 18.1 Å². The van der Waals surface area contributed by atoms with Crippen molar-refractivity contribution in [1.82, 2.24) is 30.0 Å². The molecule has 6 rings (SSSR count). The van der Waals surface area contributed by atoms with Gasteiger partial charge in [0.15, 0.2) is 11.8 Å². The SMILES string of the molecule is O=C(NC(c1cccnc1)C(F)(F)F)c1cnn(-c2ncc3c(n2)-c2ccccc2CC3)c1-c1ccco1. The molecule has 8 nitrogen and oxygen atoms in total. The van der Waals surface area contributed by atoms with Gasteiger partial charge in [-0.15, -0.1) is 0 Å². The number of nitrogens with one attached hydrogen (secondary N) is 1. The number of pyridine rings is 1. The molecule has 0 spiro atoms. The van der Waals surface area contributed by atoms with Crippen LogP contribution in [0.2, 0.25) is 0 Å². The van der Waals surface area contributed by atoms with Crippen molar-refractivity contribution in [2.45, 2.75) is 25.1 Å². The molecule has 1 aromatic carbocycles. The van der Waals surface area contributed by atoms with Gasteiger partial charge in [0.1, 0.15) is 5.69 Å². The molecule has 190 valence electrons. The van der Waals surface area contributed by atoms with E-state index in [0.717, 1.165) is 41.4 Å². The Balaban J connectivity index is 1.43. The Morgan fingerprint density at radius 3 is 2.61 bits per heavy atom. The molecule has 0 radical (unpaired) electrons. The number of nitrogens with zero attached hydrogens (tertiary/aromatic N) is 5. The number of halogens is 3. The van der Waals surface area contributed by atoms with E-state index in [4.69, 9.17) is 9.40 Å². The van der Waals surface area contributed by atoms with Gasteiger partial charge in [-0.25, -0.2) is 9.97 Å². The minimum Gasteiger partial charge on any atom is -0.463 e. The number of hydrogen-bond acceptors (Lipinski definition) is 6. The average Bonchev–Trinajstić information content (AvgIpc) is 3.61. The lowest BCUT2D eigenvalue weighted by molar-refractivity contribution is -0.155. The van der Waals surface area contributed by atoms with Crippen LogP contribution in [0.5, 0.6) is 0 Å². The quantitative estimate of drug-likeness (QED) is 0.348. The van der Waals surface area contributed by atoms with Crippen LogP contribution in [-0.4, -0.2) is 36.8 Å². The van der Waals surface area contributed by atoms with Crippen molar-refractivity contribution in [3.05, 3.63) is 102 Å². The van der Waals surface area contributed by atoms with Gasteiger partial charge in [0, 0.05) is 29.7 Å². The van der Waals surface area contributed by atoms with Crippen LogP contribution in [0.1, 0.15) is 33.1 Å². The Bertz CT molecular complexity index is 1610. The van der Waals surface area contributed by atoms with Crippen LogP contribution in [0.4, 0.5) is 13.2 Å². The maximum Gasteiger partial charge on any atom is 0.412 e. The van der Waals surface area contributed by atoms with Crippen LogP contribution >= 0.6 is 0 Å². The molecule has 0 aliphatic heterocycles. The maximum absolute atomic E-state index is 13.9. The molecule has 5 aromatic rings. The second kappa shape index (κ2) is 9.25. The summed E-state index contributed by atoms with van der Waals surface area (Å²) in [6.45, 7) is 0. The van der Waals surface area contributed by atoms with Crippen LogP contribution < -0.4 is 5.32 Å². The van der Waals surface area contributed by atoms with Gasteiger partial charge in [0.25, 0.3) is 11.9 Å². The number of amides is 1. The van der Waals surface area contributed by atoms with Crippen LogP contribution in [0.15, 0.2) is 84.0 Å². The molecular weight excluding hydrogens is 497 g/mol. The zero-order chi connectivity index (χ0) is 26.3. The lowest BCUT2D eigenvalue weighted by atomic mass is 9.90. The number of fused-ring (bicyclic) bond motifs is 3. The lowest BCUT2D eigenvalue weighted by Gasteiger charge is -2.21. The van der Waals surface area contributed by atoms with E-state index >= 15 is 0 Å².